The molecule has 0 heterocycles. The van der Waals surface area contributed by atoms with Gasteiger partial charge in [-0.2, -0.15) is 0 Å². The van der Waals surface area contributed by atoms with E-state index in [1.54, 1.807) is 6.92 Å². The van der Waals surface area contributed by atoms with Gasteiger partial charge in [0.05, 0.1) is 17.8 Å². The number of aryl methyl sites for hydroxylation is 1. The number of rotatable bonds is 1. The first-order valence-electron chi connectivity index (χ1n) is 3.36. The molecule has 0 aliphatic rings. The van der Waals surface area contributed by atoms with Crippen LogP contribution in [0.3, 0.4) is 0 Å². The Balaban J connectivity index is 3.39. The van der Waals surface area contributed by atoms with Crippen LogP contribution in [0.15, 0.2) is 6.07 Å². The van der Waals surface area contributed by atoms with Gasteiger partial charge in [0.2, 0.25) is 0 Å². The first kappa shape index (κ1) is 9.13. The van der Waals surface area contributed by atoms with Crippen LogP contribution in [0.2, 0.25) is 5.02 Å². The molecule has 0 saturated carbocycles. The summed E-state index contributed by atoms with van der Waals surface area (Å²) in [6.07, 6.45) is 0. The fraction of sp³-hybridized carbons (Fsp3) is 0.250. The van der Waals surface area contributed by atoms with Gasteiger partial charge in [0.15, 0.2) is 11.6 Å². The third kappa shape index (κ3) is 1.32. The molecule has 0 radical (unpaired) electrons. The van der Waals surface area contributed by atoms with Crippen molar-refractivity contribution in [1.29, 1.82) is 0 Å². The van der Waals surface area contributed by atoms with Crippen LogP contribution in [0.4, 0.5) is 10.1 Å². The molecule has 0 aliphatic carbocycles. The van der Waals surface area contributed by atoms with Crippen molar-refractivity contribution in [3.63, 3.8) is 0 Å². The molecule has 1 aromatic rings. The summed E-state index contributed by atoms with van der Waals surface area (Å²) in [7, 11) is 1.38. The van der Waals surface area contributed by atoms with Crippen LogP contribution in [0.5, 0.6) is 5.75 Å². The Morgan fingerprint density at radius 1 is 1.58 bits per heavy atom. The van der Waals surface area contributed by atoms with Crippen molar-refractivity contribution in [2.45, 2.75) is 6.92 Å². The van der Waals surface area contributed by atoms with Crippen LogP contribution in [-0.2, 0) is 0 Å². The van der Waals surface area contributed by atoms with Crippen LogP contribution >= 0.6 is 11.6 Å². The first-order valence-corrected chi connectivity index (χ1v) is 3.73. The zero-order chi connectivity index (χ0) is 9.30. The lowest BCUT2D eigenvalue weighted by Crippen LogP contribution is -1.97. The topological polar surface area (TPSA) is 35.2 Å². The molecule has 0 spiro atoms. The van der Waals surface area contributed by atoms with Gasteiger partial charge in [-0.3, -0.25) is 0 Å². The summed E-state index contributed by atoms with van der Waals surface area (Å²) in [5, 5.41) is 0.244. The van der Waals surface area contributed by atoms with Crippen LogP contribution in [0.25, 0.3) is 0 Å². The maximum absolute atomic E-state index is 13.1. The molecule has 0 fully saturated rings. The SMILES string of the molecule is COc1cc(C)c(Cl)c(N)c1F. The summed E-state index contributed by atoms with van der Waals surface area (Å²) >= 11 is 5.69. The molecule has 12 heavy (non-hydrogen) atoms. The molecule has 0 aliphatic heterocycles. The van der Waals surface area contributed by atoms with E-state index in [-0.39, 0.29) is 16.5 Å². The maximum Gasteiger partial charge on any atom is 0.189 e. The number of nitrogen functional groups attached to an aromatic ring is 1. The second-order valence-corrected chi connectivity index (χ2v) is 2.82. The number of benzene rings is 1. The third-order valence-electron chi connectivity index (χ3n) is 1.60. The van der Waals surface area contributed by atoms with E-state index < -0.39 is 5.82 Å². The van der Waals surface area contributed by atoms with Crippen molar-refractivity contribution in [1.82, 2.24) is 0 Å². The van der Waals surface area contributed by atoms with Crippen molar-refractivity contribution < 1.29 is 9.13 Å². The van der Waals surface area contributed by atoms with Crippen molar-refractivity contribution in [3.05, 3.63) is 22.5 Å². The van der Waals surface area contributed by atoms with E-state index in [4.69, 9.17) is 22.1 Å². The third-order valence-corrected chi connectivity index (χ3v) is 2.10. The van der Waals surface area contributed by atoms with Crippen molar-refractivity contribution >= 4 is 17.3 Å². The minimum absolute atomic E-state index is 0.0616. The lowest BCUT2D eigenvalue weighted by molar-refractivity contribution is 0.387. The molecular weight excluding hydrogens is 181 g/mol. The van der Waals surface area contributed by atoms with Gasteiger partial charge in [-0.15, -0.1) is 0 Å². The molecule has 0 unspecified atom stereocenters. The number of hydrogen-bond donors (Lipinski definition) is 1. The van der Waals surface area contributed by atoms with Crippen LogP contribution in [0.1, 0.15) is 5.56 Å². The van der Waals surface area contributed by atoms with Crippen LogP contribution < -0.4 is 10.5 Å². The largest absolute Gasteiger partial charge is 0.494 e. The van der Waals surface area contributed by atoms with Gasteiger partial charge >= 0.3 is 0 Å². The second kappa shape index (κ2) is 3.19. The standard InChI is InChI=1S/C8H9ClFNO/c1-4-3-5(12-2)7(10)8(11)6(4)9/h3H,11H2,1-2H3. The zero-order valence-electron chi connectivity index (χ0n) is 6.82. The van der Waals surface area contributed by atoms with E-state index in [1.165, 1.54) is 13.2 Å². The van der Waals surface area contributed by atoms with Crippen molar-refractivity contribution in [2.24, 2.45) is 0 Å². The quantitative estimate of drug-likeness (QED) is 0.689. The highest BCUT2D eigenvalue weighted by Gasteiger charge is 2.12. The summed E-state index contributed by atoms with van der Waals surface area (Å²) in [4.78, 5) is 0. The summed E-state index contributed by atoms with van der Waals surface area (Å²) in [5.74, 6) is -0.484. The van der Waals surface area contributed by atoms with E-state index in [1.807, 2.05) is 0 Å². The predicted octanol–water partition coefficient (Wildman–Crippen LogP) is 2.38. The normalized spacial score (nSPS) is 10.0. The Labute approximate surface area is 75.1 Å². The second-order valence-electron chi connectivity index (χ2n) is 2.44. The molecule has 4 heteroatoms. The number of hydrogen-bond acceptors (Lipinski definition) is 2. The zero-order valence-corrected chi connectivity index (χ0v) is 7.57. The molecule has 0 aromatic heterocycles. The van der Waals surface area contributed by atoms with E-state index in [9.17, 15) is 4.39 Å². The molecule has 66 valence electrons. The highest BCUT2D eigenvalue weighted by atomic mass is 35.5. The van der Waals surface area contributed by atoms with Gasteiger partial charge in [0, 0.05) is 0 Å². The van der Waals surface area contributed by atoms with Gasteiger partial charge in [0.1, 0.15) is 0 Å². The van der Waals surface area contributed by atoms with E-state index in [2.05, 4.69) is 0 Å². The lowest BCUT2D eigenvalue weighted by Gasteiger charge is -2.07. The van der Waals surface area contributed by atoms with E-state index in [0.29, 0.717) is 5.56 Å². The Bertz CT molecular complexity index is 314. The van der Waals surface area contributed by atoms with Crippen molar-refractivity contribution in [3.8, 4) is 5.75 Å². The molecule has 2 nitrogen and oxygen atoms in total. The monoisotopic (exact) mass is 189 g/mol. The molecule has 0 amide bonds. The number of halogens is 2. The number of ether oxygens (including phenoxy) is 1. The Morgan fingerprint density at radius 2 is 2.17 bits per heavy atom. The average molecular weight is 190 g/mol. The maximum atomic E-state index is 13.1. The number of nitrogens with two attached hydrogens (primary N) is 1. The van der Waals surface area contributed by atoms with E-state index in [0.717, 1.165) is 0 Å². The highest BCUT2D eigenvalue weighted by Crippen LogP contribution is 2.32. The molecule has 0 atom stereocenters. The minimum atomic E-state index is -0.604. The molecule has 2 N–H and O–H groups in total. The fourth-order valence-electron chi connectivity index (χ4n) is 0.913. The smallest absolute Gasteiger partial charge is 0.189 e. The molecule has 1 aromatic carbocycles. The predicted molar refractivity (Wildman–Crippen MR) is 47.1 cm³/mol. The van der Waals surface area contributed by atoms with Gasteiger partial charge < -0.3 is 10.5 Å². The number of anilines is 1. The Morgan fingerprint density at radius 3 is 2.67 bits per heavy atom. The van der Waals surface area contributed by atoms with Crippen LogP contribution in [0, 0.1) is 12.7 Å². The fourth-order valence-corrected chi connectivity index (χ4v) is 1.05. The molecule has 0 bridgehead atoms. The van der Waals surface area contributed by atoms with Crippen molar-refractivity contribution in [2.75, 3.05) is 12.8 Å². The molecule has 0 saturated heterocycles. The highest BCUT2D eigenvalue weighted by molar-refractivity contribution is 6.33. The summed E-state index contributed by atoms with van der Waals surface area (Å²) in [6.45, 7) is 1.74. The summed E-state index contributed by atoms with van der Waals surface area (Å²) in [5.41, 5.74) is 6.01. The van der Waals surface area contributed by atoms with E-state index >= 15 is 0 Å². The van der Waals surface area contributed by atoms with Crippen LogP contribution in [-0.4, -0.2) is 7.11 Å². The lowest BCUT2D eigenvalue weighted by atomic mass is 10.2. The van der Waals surface area contributed by atoms with Gasteiger partial charge in [-0.25, -0.2) is 4.39 Å². The van der Waals surface area contributed by atoms with Gasteiger partial charge in [-0.05, 0) is 18.6 Å². The Hall–Kier alpha value is -0.960. The summed E-state index contributed by atoms with van der Waals surface area (Å²) < 4.78 is 17.9. The Kier molecular flexibility index (Phi) is 2.43. The van der Waals surface area contributed by atoms with Gasteiger partial charge in [0.25, 0.3) is 0 Å². The summed E-state index contributed by atoms with van der Waals surface area (Å²) in [6, 6.07) is 1.51. The molecule has 1 rings (SSSR count). The average Bonchev–Trinajstić information content (AvgIpc) is 2.08. The number of methoxy groups -OCH3 is 1. The first-order chi connectivity index (χ1) is 5.57. The minimum Gasteiger partial charge on any atom is -0.494 e. The van der Waals surface area contributed by atoms with Gasteiger partial charge in [-0.1, -0.05) is 11.6 Å². The molecular formula is C8H9ClFNO.